The Labute approximate surface area is 182 Å². The number of ketones is 1. The van der Waals surface area contributed by atoms with Crippen molar-refractivity contribution in [2.24, 2.45) is 0 Å². The summed E-state index contributed by atoms with van der Waals surface area (Å²) in [5.74, 6) is 1.45. The molecular weight excluding hydrogens is 425 g/mol. The quantitative estimate of drug-likeness (QED) is 0.679. The van der Waals surface area contributed by atoms with Crippen LogP contribution in [-0.2, 0) is 22.9 Å². The molecule has 1 N–H and O–H groups in total. The van der Waals surface area contributed by atoms with Gasteiger partial charge in [0.15, 0.2) is 11.5 Å². The molecule has 0 unspecified atom stereocenters. The number of halogens is 3. The maximum atomic E-state index is 13.1. The van der Waals surface area contributed by atoms with E-state index in [0.29, 0.717) is 43.7 Å². The van der Waals surface area contributed by atoms with Gasteiger partial charge in [-0.05, 0) is 54.3 Å². The van der Waals surface area contributed by atoms with Gasteiger partial charge in [0.05, 0.1) is 5.56 Å². The number of carbonyl (C=O) groups is 2. The Morgan fingerprint density at radius 2 is 1.78 bits per heavy atom. The van der Waals surface area contributed by atoms with E-state index in [1.165, 1.54) is 12.1 Å². The Morgan fingerprint density at radius 3 is 2.50 bits per heavy atom. The summed E-state index contributed by atoms with van der Waals surface area (Å²) in [5.41, 5.74) is 0.794. The molecule has 1 fully saturated rings. The van der Waals surface area contributed by atoms with Crippen molar-refractivity contribution >= 4 is 17.5 Å². The van der Waals surface area contributed by atoms with E-state index in [4.69, 9.17) is 9.47 Å². The van der Waals surface area contributed by atoms with Gasteiger partial charge in [0.2, 0.25) is 6.79 Å². The fourth-order valence-corrected chi connectivity index (χ4v) is 4.87. The molecule has 1 aliphatic carbocycles. The van der Waals surface area contributed by atoms with Gasteiger partial charge in [-0.25, -0.2) is 4.79 Å². The lowest BCUT2D eigenvalue weighted by Crippen LogP contribution is -2.50. The average Bonchev–Trinajstić information content (AvgIpc) is 3.21. The molecule has 0 saturated heterocycles. The number of ether oxygens (including phenoxy) is 2. The number of amides is 2. The van der Waals surface area contributed by atoms with E-state index in [-0.39, 0.29) is 24.8 Å². The molecule has 2 aromatic carbocycles. The lowest BCUT2D eigenvalue weighted by atomic mass is 9.66. The molecule has 5 rings (SSSR count). The topological polar surface area (TPSA) is 67.9 Å². The summed E-state index contributed by atoms with van der Waals surface area (Å²) < 4.78 is 50.1. The third kappa shape index (κ3) is 3.65. The molecule has 2 aromatic rings. The monoisotopic (exact) mass is 446 g/mol. The van der Waals surface area contributed by atoms with Crippen LogP contribution in [0.4, 0.5) is 23.7 Å². The van der Waals surface area contributed by atoms with Crippen molar-refractivity contribution in [2.75, 3.05) is 18.7 Å². The molecule has 0 aromatic heterocycles. The maximum absolute atomic E-state index is 13.1. The van der Waals surface area contributed by atoms with Gasteiger partial charge in [0, 0.05) is 37.0 Å². The number of hydrogen-bond donors (Lipinski definition) is 1. The van der Waals surface area contributed by atoms with E-state index in [1.54, 1.807) is 4.90 Å². The summed E-state index contributed by atoms with van der Waals surface area (Å²) in [5, 5.41) is 2.60. The maximum Gasteiger partial charge on any atom is 0.416 e. The molecule has 32 heavy (non-hydrogen) atoms. The minimum absolute atomic E-state index is 0.0779. The Morgan fingerprint density at radius 1 is 1.06 bits per heavy atom. The molecule has 2 amide bonds. The van der Waals surface area contributed by atoms with Crippen LogP contribution < -0.4 is 14.8 Å². The predicted molar refractivity (Wildman–Crippen MR) is 109 cm³/mol. The summed E-state index contributed by atoms with van der Waals surface area (Å²) in [6, 6.07) is 7.90. The highest BCUT2D eigenvalue weighted by Gasteiger charge is 2.44. The number of carbonyl (C=O) groups excluding carboxylic acids is 2. The molecule has 3 aliphatic rings. The van der Waals surface area contributed by atoms with Gasteiger partial charge in [-0.3, -0.25) is 4.79 Å². The number of fused-ring (bicyclic) bond motifs is 3. The van der Waals surface area contributed by atoms with Crippen molar-refractivity contribution in [1.29, 1.82) is 0 Å². The van der Waals surface area contributed by atoms with E-state index in [9.17, 15) is 22.8 Å². The minimum Gasteiger partial charge on any atom is -0.454 e. The number of benzene rings is 2. The molecule has 1 saturated carbocycles. The first-order valence-corrected chi connectivity index (χ1v) is 10.4. The summed E-state index contributed by atoms with van der Waals surface area (Å²) in [6.45, 7) is 0.785. The number of nitrogens with one attached hydrogen (secondary N) is 1. The molecule has 1 spiro atoms. The number of alkyl halides is 3. The summed E-state index contributed by atoms with van der Waals surface area (Å²) in [6.07, 6.45) is -2.43. The molecule has 6 nitrogen and oxygen atoms in total. The molecule has 168 valence electrons. The van der Waals surface area contributed by atoms with Crippen LogP contribution in [0.5, 0.6) is 11.5 Å². The van der Waals surface area contributed by atoms with Gasteiger partial charge in [-0.1, -0.05) is 6.07 Å². The van der Waals surface area contributed by atoms with Gasteiger partial charge in [0.1, 0.15) is 5.78 Å². The second kappa shape index (κ2) is 7.43. The summed E-state index contributed by atoms with van der Waals surface area (Å²) in [4.78, 5) is 26.6. The molecular formula is C23H21F3N2O4. The number of nitrogens with zero attached hydrogens (tertiary/aromatic N) is 1. The fraction of sp³-hybridized carbons (Fsp3) is 0.391. The second-order valence-corrected chi connectivity index (χ2v) is 8.55. The lowest BCUT2D eigenvalue weighted by molar-refractivity contribution is -0.137. The Bertz CT molecular complexity index is 1090. The van der Waals surface area contributed by atoms with E-state index in [0.717, 1.165) is 23.3 Å². The predicted octanol–water partition coefficient (Wildman–Crippen LogP) is 4.86. The van der Waals surface area contributed by atoms with Gasteiger partial charge >= 0.3 is 12.2 Å². The Hall–Kier alpha value is -3.23. The number of anilines is 1. The van der Waals surface area contributed by atoms with E-state index in [2.05, 4.69) is 5.32 Å². The summed E-state index contributed by atoms with van der Waals surface area (Å²) in [7, 11) is 0. The van der Waals surface area contributed by atoms with Gasteiger partial charge in [-0.15, -0.1) is 0 Å². The SMILES string of the molecule is O=C1CCC2(CC1)CN(C(=O)Nc1cccc(C(F)(F)F)c1)Cc1cc3c(cc12)OCO3. The Kier molecular flexibility index (Phi) is 4.79. The Balaban J connectivity index is 1.44. The normalized spacial score (nSPS) is 19.1. The van der Waals surface area contributed by atoms with Crippen molar-refractivity contribution in [3.63, 3.8) is 0 Å². The lowest BCUT2D eigenvalue weighted by Gasteiger charge is -2.46. The van der Waals surface area contributed by atoms with Gasteiger partial charge in [0.25, 0.3) is 0 Å². The second-order valence-electron chi connectivity index (χ2n) is 8.55. The van der Waals surface area contributed by atoms with E-state index < -0.39 is 23.2 Å². The zero-order valence-corrected chi connectivity index (χ0v) is 17.1. The van der Waals surface area contributed by atoms with Crippen LogP contribution in [0.2, 0.25) is 0 Å². The highest BCUT2D eigenvalue weighted by atomic mass is 19.4. The third-order valence-corrected chi connectivity index (χ3v) is 6.52. The number of urea groups is 1. The molecule has 2 heterocycles. The van der Waals surface area contributed by atoms with Crippen LogP contribution in [0.25, 0.3) is 0 Å². The molecule has 0 atom stereocenters. The summed E-state index contributed by atoms with van der Waals surface area (Å²) >= 11 is 0. The third-order valence-electron chi connectivity index (χ3n) is 6.52. The van der Waals surface area contributed by atoms with Crippen LogP contribution in [0.15, 0.2) is 36.4 Å². The zero-order chi connectivity index (χ0) is 22.5. The van der Waals surface area contributed by atoms with Crippen molar-refractivity contribution in [2.45, 2.75) is 43.8 Å². The fourth-order valence-electron chi connectivity index (χ4n) is 4.87. The molecule has 0 bridgehead atoms. The number of Topliss-reactive ketones (excluding diaryl/α,β-unsaturated/α-hetero) is 1. The van der Waals surface area contributed by atoms with Crippen molar-refractivity contribution in [3.05, 3.63) is 53.1 Å². The molecule has 2 aliphatic heterocycles. The van der Waals surface area contributed by atoms with Crippen LogP contribution in [0.1, 0.15) is 42.4 Å². The van der Waals surface area contributed by atoms with Crippen LogP contribution >= 0.6 is 0 Å². The van der Waals surface area contributed by atoms with Gasteiger partial charge < -0.3 is 19.7 Å². The first-order valence-electron chi connectivity index (χ1n) is 10.4. The van der Waals surface area contributed by atoms with Crippen molar-refractivity contribution in [3.8, 4) is 11.5 Å². The zero-order valence-electron chi connectivity index (χ0n) is 17.1. The first-order chi connectivity index (χ1) is 15.2. The minimum atomic E-state index is -4.49. The highest BCUT2D eigenvalue weighted by molar-refractivity contribution is 5.90. The molecule has 0 radical (unpaired) electrons. The van der Waals surface area contributed by atoms with E-state index in [1.807, 2.05) is 12.1 Å². The smallest absolute Gasteiger partial charge is 0.416 e. The van der Waals surface area contributed by atoms with Crippen molar-refractivity contribution < 1.29 is 32.2 Å². The number of rotatable bonds is 1. The highest BCUT2D eigenvalue weighted by Crippen LogP contribution is 2.48. The van der Waals surface area contributed by atoms with Gasteiger partial charge in [-0.2, -0.15) is 13.2 Å². The van der Waals surface area contributed by atoms with Crippen molar-refractivity contribution in [1.82, 2.24) is 4.90 Å². The largest absolute Gasteiger partial charge is 0.454 e. The molecule has 9 heteroatoms. The number of hydrogen-bond acceptors (Lipinski definition) is 4. The van der Waals surface area contributed by atoms with Crippen LogP contribution in [-0.4, -0.2) is 30.1 Å². The standard InChI is InChI=1S/C23H21F3N2O4/c24-23(25,26)15-2-1-3-16(9-15)27-21(30)28-11-14-8-19-20(32-13-31-19)10-18(14)22(12-28)6-4-17(29)5-7-22/h1-3,8-10H,4-7,11-13H2,(H,27,30). The first kappa shape index (κ1) is 20.7. The average molecular weight is 446 g/mol. The van der Waals surface area contributed by atoms with E-state index >= 15 is 0 Å². The van der Waals surface area contributed by atoms with Crippen LogP contribution in [0.3, 0.4) is 0 Å². The van der Waals surface area contributed by atoms with Crippen LogP contribution in [0, 0.1) is 0 Å².